The molecule has 0 bridgehead atoms. The zero-order chi connectivity index (χ0) is 16.7. The summed E-state index contributed by atoms with van der Waals surface area (Å²) in [4.78, 5) is 21.9. The third-order valence-electron chi connectivity index (χ3n) is 3.82. The summed E-state index contributed by atoms with van der Waals surface area (Å²) in [5.74, 6) is 0.502. The number of benzene rings is 1. The third-order valence-corrected chi connectivity index (χ3v) is 4.26. The summed E-state index contributed by atoms with van der Waals surface area (Å²) in [5.41, 5.74) is 3.12. The topological polar surface area (TPSA) is 73.0 Å². The molecule has 1 aliphatic heterocycles. The van der Waals surface area contributed by atoms with E-state index >= 15 is 0 Å². The zero-order valence-corrected chi connectivity index (χ0v) is 14.4. The summed E-state index contributed by atoms with van der Waals surface area (Å²) in [6.45, 7) is 1.92. The van der Waals surface area contributed by atoms with E-state index in [9.17, 15) is 4.79 Å². The van der Waals surface area contributed by atoms with Gasteiger partial charge < -0.3 is 0 Å². The standard InChI is InChI=1S/C17H12BrN5O/c1-10-17(24)23-12-7-8-13(18)20-16(12)15(11-5-3-2-4-6-11)19-9-14(23)22-21-10/h2-8H,9H2,1H3. The normalized spacial score (nSPS) is 12.8. The van der Waals surface area contributed by atoms with Gasteiger partial charge in [0.2, 0.25) is 0 Å². The van der Waals surface area contributed by atoms with Crippen molar-refractivity contribution >= 4 is 21.6 Å². The number of rotatable bonds is 1. The van der Waals surface area contributed by atoms with Crippen LogP contribution in [0.1, 0.15) is 22.8 Å². The van der Waals surface area contributed by atoms with Crippen LogP contribution in [-0.4, -0.2) is 25.5 Å². The van der Waals surface area contributed by atoms with Gasteiger partial charge in [-0.15, -0.1) is 10.2 Å². The Morgan fingerprint density at radius 2 is 1.88 bits per heavy atom. The molecule has 0 radical (unpaired) electrons. The number of nitrogens with zero attached hydrogens (tertiary/aromatic N) is 5. The van der Waals surface area contributed by atoms with Crippen LogP contribution < -0.4 is 5.56 Å². The molecular formula is C17H12BrN5O. The highest BCUT2D eigenvalue weighted by molar-refractivity contribution is 9.10. The second-order valence-corrected chi connectivity index (χ2v) is 6.19. The highest BCUT2D eigenvalue weighted by Crippen LogP contribution is 2.23. The number of hydrogen-bond acceptors (Lipinski definition) is 5. The number of aliphatic imine (C=N–C) groups is 1. The Balaban J connectivity index is 2.06. The van der Waals surface area contributed by atoms with Crippen molar-refractivity contribution in [3.05, 3.63) is 80.2 Å². The Bertz CT molecular complexity index is 1030. The van der Waals surface area contributed by atoms with Crippen LogP contribution in [0.25, 0.3) is 5.69 Å². The smallest absolute Gasteiger partial charge is 0.274 e. The average Bonchev–Trinajstić information content (AvgIpc) is 2.76. The number of aromatic nitrogens is 4. The molecule has 1 aromatic carbocycles. The minimum Gasteiger partial charge on any atom is -0.274 e. The molecule has 0 saturated carbocycles. The van der Waals surface area contributed by atoms with Crippen LogP contribution in [0.15, 0.2) is 56.9 Å². The van der Waals surface area contributed by atoms with Crippen LogP contribution in [0.3, 0.4) is 0 Å². The van der Waals surface area contributed by atoms with Crippen molar-refractivity contribution < 1.29 is 0 Å². The first kappa shape index (κ1) is 14.9. The van der Waals surface area contributed by atoms with E-state index in [1.165, 1.54) is 0 Å². The van der Waals surface area contributed by atoms with Crippen molar-refractivity contribution in [1.29, 1.82) is 0 Å². The van der Waals surface area contributed by atoms with Crippen LogP contribution in [0.2, 0.25) is 0 Å². The van der Waals surface area contributed by atoms with Crippen LogP contribution >= 0.6 is 15.9 Å². The lowest BCUT2D eigenvalue weighted by atomic mass is 10.1. The number of halogens is 1. The van der Waals surface area contributed by atoms with Crippen molar-refractivity contribution in [3.8, 4) is 5.69 Å². The number of aryl methyl sites for hydroxylation is 1. The lowest BCUT2D eigenvalue weighted by molar-refractivity contribution is 0.730. The first-order valence-electron chi connectivity index (χ1n) is 7.37. The molecule has 24 heavy (non-hydrogen) atoms. The van der Waals surface area contributed by atoms with Crippen molar-refractivity contribution in [3.63, 3.8) is 0 Å². The predicted octanol–water partition coefficient (Wildman–Crippen LogP) is 2.44. The summed E-state index contributed by atoms with van der Waals surface area (Å²) in [6, 6.07) is 13.4. The summed E-state index contributed by atoms with van der Waals surface area (Å²) in [5, 5.41) is 8.10. The van der Waals surface area contributed by atoms with Gasteiger partial charge in [0.15, 0.2) is 5.82 Å². The molecule has 0 saturated heterocycles. The maximum atomic E-state index is 12.6. The highest BCUT2D eigenvalue weighted by Gasteiger charge is 2.23. The fourth-order valence-electron chi connectivity index (χ4n) is 2.68. The Kier molecular flexibility index (Phi) is 3.57. The van der Waals surface area contributed by atoms with Gasteiger partial charge in [-0.1, -0.05) is 30.3 Å². The quantitative estimate of drug-likeness (QED) is 0.606. The van der Waals surface area contributed by atoms with E-state index in [4.69, 9.17) is 0 Å². The van der Waals surface area contributed by atoms with Crippen LogP contribution in [0, 0.1) is 6.92 Å². The lowest BCUT2D eigenvalue weighted by Crippen LogP contribution is -2.27. The van der Waals surface area contributed by atoms with Gasteiger partial charge in [-0.2, -0.15) is 0 Å². The van der Waals surface area contributed by atoms with E-state index in [1.54, 1.807) is 17.6 Å². The first-order chi connectivity index (χ1) is 11.6. The summed E-state index contributed by atoms with van der Waals surface area (Å²) in [7, 11) is 0. The maximum Gasteiger partial charge on any atom is 0.279 e. The highest BCUT2D eigenvalue weighted by atomic mass is 79.9. The van der Waals surface area contributed by atoms with Gasteiger partial charge >= 0.3 is 0 Å². The molecule has 118 valence electrons. The van der Waals surface area contributed by atoms with E-state index < -0.39 is 0 Å². The Labute approximate surface area is 146 Å². The molecule has 3 heterocycles. The Hall–Kier alpha value is -2.67. The van der Waals surface area contributed by atoms with Crippen molar-refractivity contribution in [2.24, 2.45) is 4.99 Å². The molecule has 0 N–H and O–H groups in total. The third kappa shape index (κ3) is 2.37. The summed E-state index contributed by atoms with van der Waals surface area (Å²) >= 11 is 3.41. The second kappa shape index (κ2) is 5.76. The molecule has 0 atom stereocenters. The molecule has 6 nitrogen and oxygen atoms in total. The van der Waals surface area contributed by atoms with Crippen molar-refractivity contribution in [2.75, 3.05) is 0 Å². The van der Waals surface area contributed by atoms with E-state index in [1.807, 2.05) is 36.4 Å². The zero-order valence-electron chi connectivity index (χ0n) is 12.8. The van der Waals surface area contributed by atoms with Gasteiger partial charge in [0, 0.05) is 5.56 Å². The predicted molar refractivity (Wildman–Crippen MR) is 93.6 cm³/mol. The van der Waals surface area contributed by atoms with Gasteiger partial charge in [-0.3, -0.25) is 14.4 Å². The molecule has 7 heteroatoms. The molecular weight excluding hydrogens is 370 g/mol. The molecule has 1 aliphatic rings. The van der Waals surface area contributed by atoms with Gasteiger partial charge in [0.05, 0.1) is 11.4 Å². The summed E-state index contributed by atoms with van der Waals surface area (Å²) in [6.07, 6.45) is 0. The van der Waals surface area contributed by atoms with Crippen LogP contribution in [0.4, 0.5) is 0 Å². The van der Waals surface area contributed by atoms with Gasteiger partial charge in [-0.25, -0.2) is 4.98 Å². The molecule has 0 spiro atoms. The Morgan fingerprint density at radius 1 is 1.08 bits per heavy atom. The van der Waals surface area contributed by atoms with Gasteiger partial charge in [0.25, 0.3) is 5.56 Å². The van der Waals surface area contributed by atoms with E-state index in [-0.39, 0.29) is 12.1 Å². The molecule has 4 rings (SSSR count). The average molecular weight is 382 g/mol. The summed E-state index contributed by atoms with van der Waals surface area (Å²) < 4.78 is 2.23. The monoisotopic (exact) mass is 381 g/mol. The second-order valence-electron chi connectivity index (χ2n) is 5.37. The van der Waals surface area contributed by atoms with Crippen molar-refractivity contribution in [2.45, 2.75) is 13.5 Å². The minimum absolute atomic E-state index is 0.199. The molecule has 0 aliphatic carbocycles. The van der Waals surface area contributed by atoms with E-state index in [0.717, 1.165) is 11.3 Å². The van der Waals surface area contributed by atoms with Gasteiger partial charge in [-0.05, 0) is 35.0 Å². The largest absolute Gasteiger partial charge is 0.279 e. The number of hydrogen-bond donors (Lipinski definition) is 0. The molecule has 0 fully saturated rings. The molecule has 3 aromatic rings. The maximum absolute atomic E-state index is 12.6. The number of fused-ring (bicyclic) bond motifs is 3. The first-order valence-corrected chi connectivity index (χ1v) is 8.17. The van der Waals surface area contributed by atoms with Crippen LogP contribution in [0.5, 0.6) is 0 Å². The SMILES string of the molecule is Cc1nnc2n(c1=O)-c1ccc(Br)nc1C(c1ccccc1)=NC2. The van der Waals surface area contributed by atoms with E-state index in [0.29, 0.717) is 27.5 Å². The van der Waals surface area contributed by atoms with Gasteiger partial charge in [0.1, 0.15) is 22.5 Å². The number of pyridine rings is 1. The lowest BCUT2D eigenvalue weighted by Gasteiger charge is -2.12. The molecule has 0 unspecified atom stereocenters. The molecule has 2 aromatic heterocycles. The van der Waals surface area contributed by atoms with Crippen LogP contribution in [-0.2, 0) is 6.54 Å². The Morgan fingerprint density at radius 3 is 2.67 bits per heavy atom. The minimum atomic E-state index is -0.199. The molecule has 0 amide bonds. The van der Waals surface area contributed by atoms with Crippen molar-refractivity contribution in [1.82, 2.24) is 19.7 Å². The van der Waals surface area contributed by atoms with E-state index in [2.05, 4.69) is 36.1 Å². The fourth-order valence-corrected chi connectivity index (χ4v) is 2.99. The fraction of sp³-hybridized carbons (Fsp3) is 0.118.